The molecule has 0 aliphatic carbocycles. The van der Waals surface area contributed by atoms with Gasteiger partial charge >= 0.3 is 0 Å². The highest BCUT2D eigenvalue weighted by atomic mass is 32.2. The third-order valence-electron chi connectivity index (χ3n) is 5.70. The van der Waals surface area contributed by atoms with Gasteiger partial charge in [0.1, 0.15) is 4.90 Å². The second-order valence-corrected chi connectivity index (χ2v) is 12.2. The summed E-state index contributed by atoms with van der Waals surface area (Å²) in [6.45, 7) is 4.05. The summed E-state index contributed by atoms with van der Waals surface area (Å²) in [4.78, 5) is 13.1. The molecule has 1 heterocycles. The van der Waals surface area contributed by atoms with E-state index in [1.165, 1.54) is 42.7 Å². The zero-order valence-electron chi connectivity index (χ0n) is 18.7. The van der Waals surface area contributed by atoms with Gasteiger partial charge in [-0.3, -0.25) is 4.79 Å². The number of sulfonamides is 2. The Kier molecular flexibility index (Phi) is 7.09. The number of anilines is 1. The summed E-state index contributed by atoms with van der Waals surface area (Å²) in [5, 5.41) is 2.64. The molecule has 1 saturated heterocycles. The fraction of sp³-hybridized carbons (Fsp3) is 0.409. The highest BCUT2D eigenvalue weighted by molar-refractivity contribution is 7.89. The average molecular weight is 480 g/mol. The maximum Gasteiger partial charge on any atom is 0.256 e. The van der Waals surface area contributed by atoms with Gasteiger partial charge in [-0.05, 0) is 56.5 Å². The van der Waals surface area contributed by atoms with E-state index in [1.807, 2.05) is 6.92 Å². The predicted molar refractivity (Wildman–Crippen MR) is 124 cm³/mol. The van der Waals surface area contributed by atoms with E-state index in [9.17, 15) is 21.6 Å². The van der Waals surface area contributed by atoms with Crippen molar-refractivity contribution in [3.05, 3.63) is 53.6 Å². The quantitative estimate of drug-likeness (QED) is 0.686. The van der Waals surface area contributed by atoms with Crippen molar-refractivity contribution < 1.29 is 21.6 Å². The third-order valence-corrected chi connectivity index (χ3v) is 9.58. The highest BCUT2D eigenvalue weighted by Crippen LogP contribution is 2.28. The number of carbonyl (C=O) groups excluding carboxylic acids is 1. The van der Waals surface area contributed by atoms with E-state index in [-0.39, 0.29) is 27.1 Å². The van der Waals surface area contributed by atoms with Crippen molar-refractivity contribution in [2.45, 2.75) is 48.9 Å². The summed E-state index contributed by atoms with van der Waals surface area (Å²) in [5.41, 5.74) is 0.886. The second kappa shape index (κ2) is 9.30. The molecule has 1 unspecified atom stereocenters. The van der Waals surface area contributed by atoms with Crippen LogP contribution in [0.4, 0.5) is 5.69 Å². The number of hydrogen-bond acceptors (Lipinski definition) is 5. The minimum atomic E-state index is -3.78. The lowest BCUT2D eigenvalue weighted by atomic mass is 10.1. The van der Waals surface area contributed by atoms with E-state index in [4.69, 9.17) is 0 Å². The first-order chi connectivity index (χ1) is 15.0. The van der Waals surface area contributed by atoms with E-state index in [1.54, 1.807) is 25.1 Å². The Labute approximate surface area is 190 Å². The van der Waals surface area contributed by atoms with Crippen molar-refractivity contribution in [1.82, 2.24) is 8.61 Å². The number of benzene rings is 2. The molecule has 1 aliphatic heterocycles. The summed E-state index contributed by atoms with van der Waals surface area (Å²) in [6.07, 6.45) is 2.60. The monoisotopic (exact) mass is 479 g/mol. The molecule has 10 heteroatoms. The normalized spacial score (nSPS) is 18.0. The molecule has 2 aromatic carbocycles. The molecule has 1 atom stereocenters. The summed E-state index contributed by atoms with van der Waals surface area (Å²) < 4.78 is 54.2. The Balaban J connectivity index is 1.96. The maximum atomic E-state index is 13.2. The molecule has 0 spiro atoms. The van der Waals surface area contributed by atoms with Gasteiger partial charge < -0.3 is 5.32 Å². The van der Waals surface area contributed by atoms with Gasteiger partial charge in [-0.1, -0.05) is 24.6 Å². The topological polar surface area (TPSA) is 104 Å². The molecule has 8 nitrogen and oxygen atoms in total. The largest absolute Gasteiger partial charge is 0.321 e. The number of nitrogens with zero attached hydrogens (tertiary/aromatic N) is 2. The predicted octanol–water partition coefficient (Wildman–Crippen LogP) is 3.06. The van der Waals surface area contributed by atoms with Crippen molar-refractivity contribution in [2.24, 2.45) is 0 Å². The Morgan fingerprint density at radius 3 is 2.41 bits per heavy atom. The van der Waals surface area contributed by atoms with Crippen LogP contribution in [0.25, 0.3) is 0 Å². The Morgan fingerprint density at radius 1 is 1.06 bits per heavy atom. The van der Waals surface area contributed by atoms with Crippen LogP contribution in [0.15, 0.2) is 52.3 Å². The number of carbonyl (C=O) groups is 1. The van der Waals surface area contributed by atoms with E-state index < -0.39 is 26.0 Å². The average Bonchev–Trinajstić information content (AvgIpc) is 2.74. The molecule has 1 N–H and O–H groups in total. The number of amides is 1. The molecule has 0 radical (unpaired) electrons. The number of piperidine rings is 1. The number of rotatable bonds is 6. The fourth-order valence-electron chi connectivity index (χ4n) is 3.75. The number of aryl methyl sites for hydroxylation is 1. The number of para-hydroxylation sites is 1. The fourth-order valence-corrected chi connectivity index (χ4v) is 6.52. The molecule has 3 rings (SSSR count). The number of nitrogens with one attached hydrogen (secondary N) is 1. The molecular weight excluding hydrogens is 450 g/mol. The van der Waals surface area contributed by atoms with Crippen LogP contribution in [0.1, 0.15) is 42.1 Å². The van der Waals surface area contributed by atoms with E-state index in [0.29, 0.717) is 12.1 Å². The van der Waals surface area contributed by atoms with Gasteiger partial charge in [-0.25, -0.2) is 21.1 Å². The van der Waals surface area contributed by atoms with Gasteiger partial charge in [-0.2, -0.15) is 4.31 Å². The molecule has 1 fully saturated rings. The molecule has 32 heavy (non-hydrogen) atoms. The number of hydrogen-bond donors (Lipinski definition) is 1. The summed E-state index contributed by atoms with van der Waals surface area (Å²) in [5.74, 6) is -0.576. The molecule has 0 bridgehead atoms. The first kappa shape index (κ1) is 24.4. The van der Waals surface area contributed by atoms with Crippen molar-refractivity contribution in [3.63, 3.8) is 0 Å². The minimum Gasteiger partial charge on any atom is -0.321 e. The first-order valence-corrected chi connectivity index (χ1v) is 13.3. The molecule has 0 saturated carbocycles. The van der Waals surface area contributed by atoms with Crippen LogP contribution < -0.4 is 5.32 Å². The third kappa shape index (κ3) is 4.73. The maximum absolute atomic E-state index is 13.2. The summed E-state index contributed by atoms with van der Waals surface area (Å²) >= 11 is 0. The van der Waals surface area contributed by atoms with Crippen molar-refractivity contribution >= 4 is 31.6 Å². The van der Waals surface area contributed by atoms with Crippen LogP contribution in [-0.2, 0) is 20.0 Å². The second-order valence-electron chi connectivity index (χ2n) is 8.17. The Bertz CT molecular complexity index is 1220. The lowest BCUT2D eigenvalue weighted by Crippen LogP contribution is -2.42. The summed E-state index contributed by atoms with van der Waals surface area (Å²) in [7, 11) is -4.71. The molecule has 0 aromatic heterocycles. The van der Waals surface area contributed by atoms with Crippen molar-refractivity contribution in [2.75, 3.05) is 26.0 Å². The molecule has 1 aliphatic rings. The zero-order chi connectivity index (χ0) is 23.7. The van der Waals surface area contributed by atoms with E-state index in [0.717, 1.165) is 23.6 Å². The molecule has 2 aromatic rings. The van der Waals surface area contributed by atoms with Gasteiger partial charge in [-0.15, -0.1) is 0 Å². The van der Waals surface area contributed by atoms with E-state index in [2.05, 4.69) is 5.32 Å². The minimum absolute atomic E-state index is 0.0399. The summed E-state index contributed by atoms with van der Waals surface area (Å²) in [6, 6.07) is 10.5. The van der Waals surface area contributed by atoms with Gasteiger partial charge in [0.2, 0.25) is 20.0 Å². The Hall–Kier alpha value is -2.27. The van der Waals surface area contributed by atoms with Gasteiger partial charge in [0.15, 0.2) is 0 Å². The van der Waals surface area contributed by atoms with Crippen LogP contribution in [-0.4, -0.2) is 58.0 Å². The van der Waals surface area contributed by atoms with Crippen LogP contribution in [0.2, 0.25) is 0 Å². The standard InChI is InChI=1S/C22H29N3O5S2/c1-16-12-13-18(31(27,28)25-14-8-7-9-17(25)2)15-19(16)22(26)23-20-10-5-6-11-21(20)32(29,30)24(3)4/h5-6,10-13,15,17H,7-9,14H2,1-4H3,(H,23,26). The SMILES string of the molecule is Cc1ccc(S(=O)(=O)N2CCCCC2C)cc1C(=O)Nc1ccccc1S(=O)(=O)N(C)C. The lowest BCUT2D eigenvalue weighted by molar-refractivity contribution is 0.102. The molecule has 174 valence electrons. The van der Waals surface area contributed by atoms with Gasteiger partial charge in [0.05, 0.1) is 10.6 Å². The molecule has 1 amide bonds. The van der Waals surface area contributed by atoms with Crippen LogP contribution in [0.3, 0.4) is 0 Å². The zero-order valence-corrected chi connectivity index (χ0v) is 20.3. The molecular formula is C22H29N3O5S2. The van der Waals surface area contributed by atoms with E-state index >= 15 is 0 Å². The van der Waals surface area contributed by atoms with Gasteiger partial charge in [0.25, 0.3) is 5.91 Å². The van der Waals surface area contributed by atoms with Crippen LogP contribution in [0.5, 0.6) is 0 Å². The highest BCUT2D eigenvalue weighted by Gasteiger charge is 2.31. The van der Waals surface area contributed by atoms with Crippen molar-refractivity contribution in [3.8, 4) is 0 Å². The van der Waals surface area contributed by atoms with Crippen molar-refractivity contribution in [1.29, 1.82) is 0 Å². The van der Waals surface area contributed by atoms with Gasteiger partial charge in [0, 0.05) is 32.2 Å². The van der Waals surface area contributed by atoms with Crippen LogP contribution >= 0.6 is 0 Å². The smallest absolute Gasteiger partial charge is 0.256 e. The lowest BCUT2D eigenvalue weighted by Gasteiger charge is -2.32. The van der Waals surface area contributed by atoms with Crippen LogP contribution in [0, 0.1) is 6.92 Å². The first-order valence-electron chi connectivity index (χ1n) is 10.4. The Morgan fingerprint density at radius 2 is 1.75 bits per heavy atom.